The molecule has 2 heterocycles. The second kappa shape index (κ2) is 8.72. The van der Waals surface area contributed by atoms with Crippen LogP contribution in [0.5, 0.6) is 0 Å². The molecule has 0 unspecified atom stereocenters. The molecular formula is C24H24N2O2. The second-order valence-corrected chi connectivity index (χ2v) is 6.99. The van der Waals surface area contributed by atoms with Crippen molar-refractivity contribution in [2.24, 2.45) is 0 Å². The van der Waals surface area contributed by atoms with Gasteiger partial charge in [0.25, 0.3) is 5.91 Å². The Morgan fingerprint density at radius 3 is 2.18 bits per heavy atom. The van der Waals surface area contributed by atoms with Crippen LogP contribution in [0.15, 0.2) is 83.5 Å². The number of rotatable bonds is 5. The molecule has 28 heavy (non-hydrogen) atoms. The maximum Gasteiger partial charge on any atom is 0.254 e. The molecule has 4 heteroatoms. The van der Waals surface area contributed by atoms with Crippen LogP contribution in [0.25, 0.3) is 11.6 Å². The number of benzene rings is 2. The van der Waals surface area contributed by atoms with Gasteiger partial charge in [0, 0.05) is 32.7 Å². The van der Waals surface area contributed by atoms with Crippen LogP contribution in [-0.2, 0) is 11.3 Å². The average Bonchev–Trinajstić information content (AvgIpc) is 3.27. The number of piperazine rings is 1. The van der Waals surface area contributed by atoms with E-state index in [4.69, 9.17) is 4.42 Å². The fraction of sp³-hybridized carbons (Fsp3) is 0.208. The van der Waals surface area contributed by atoms with Crippen LogP contribution in [0.1, 0.15) is 16.9 Å². The molecule has 1 aliphatic rings. The highest BCUT2D eigenvalue weighted by atomic mass is 16.3. The number of furan rings is 1. The highest BCUT2D eigenvalue weighted by Gasteiger charge is 2.24. The summed E-state index contributed by atoms with van der Waals surface area (Å²) in [6, 6.07) is 24.0. The Morgan fingerprint density at radius 2 is 1.54 bits per heavy atom. The quantitative estimate of drug-likeness (QED) is 0.631. The fourth-order valence-corrected chi connectivity index (χ4v) is 3.52. The number of carbonyl (C=O) groups is 1. The molecule has 1 saturated heterocycles. The van der Waals surface area contributed by atoms with Crippen molar-refractivity contribution in [3.63, 3.8) is 0 Å². The van der Waals surface area contributed by atoms with Crippen molar-refractivity contribution in [1.29, 1.82) is 0 Å². The first kappa shape index (κ1) is 18.3. The summed E-state index contributed by atoms with van der Waals surface area (Å²) < 4.78 is 5.45. The lowest BCUT2D eigenvalue weighted by atomic mass is 10.0. The minimum absolute atomic E-state index is 0.0574. The zero-order valence-corrected chi connectivity index (χ0v) is 15.8. The summed E-state index contributed by atoms with van der Waals surface area (Å²) in [7, 11) is 0. The normalized spacial score (nSPS) is 15.6. The first-order valence-corrected chi connectivity index (χ1v) is 9.66. The van der Waals surface area contributed by atoms with Crippen LogP contribution < -0.4 is 0 Å². The van der Waals surface area contributed by atoms with Crippen LogP contribution in [0.4, 0.5) is 0 Å². The summed E-state index contributed by atoms with van der Waals surface area (Å²) in [5.41, 5.74) is 2.90. The highest BCUT2D eigenvalue weighted by Crippen LogP contribution is 2.22. The molecule has 4 nitrogen and oxygen atoms in total. The molecule has 0 bridgehead atoms. The van der Waals surface area contributed by atoms with Crippen LogP contribution in [0.2, 0.25) is 0 Å². The van der Waals surface area contributed by atoms with Gasteiger partial charge in [-0.15, -0.1) is 0 Å². The van der Waals surface area contributed by atoms with Crippen LogP contribution in [-0.4, -0.2) is 41.9 Å². The molecule has 0 radical (unpaired) electrons. The lowest BCUT2D eigenvalue weighted by Gasteiger charge is -2.35. The third-order valence-corrected chi connectivity index (χ3v) is 5.05. The molecule has 1 fully saturated rings. The first-order chi connectivity index (χ1) is 13.8. The van der Waals surface area contributed by atoms with Gasteiger partial charge in [0.15, 0.2) is 0 Å². The third kappa shape index (κ3) is 4.41. The molecule has 1 aromatic heterocycles. The summed E-state index contributed by atoms with van der Waals surface area (Å²) in [5.74, 6) is 0.747. The molecule has 1 aliphatic heterocycles. The SMILES string of the molecule is O=C(/C(=C/c1ccco1)c1ccccc1)N1CCN(Cc2ccccc2)CC1. The van der Waals surface area contributed by atoms with E-state index in [1.165, 1.54) is 5.56 Å². The van der Waals surface area contributed by atoms with Gasteiger partial charge >= 0.3 is 0 Å². The Morgan fingerprint density at radius 1 is 0.857 bits per heavy atom. The number of hydrogen-bond acceptors (Lipinski definition) is 3. The van der Waals surface area contributed by atoms with Crippen molar-refractivity contribution in [3.05, 3.63) is 95.9 Å². The van der Waals surface area contributed by atoms with E-state index in [1.54, 1.807) is 6.26 Å². The summed E-state index contributed by atoms with van der Waals surface area (Å²) in [6.45, 7) is 4.14. The summed E-state index contributed by atoms with van der Waals surface area (Å²) in [4.78, 5) is 17.6. The van der Waals surface area contributed by atoms with Gasteiger partial charge in [-0.1, -0.05) is 60.7 Å². The molecule has 142 valence electrons. The van der Waals surface area contributed by atoms with Crippen molar-refractivity contribution in [2.75, 3.05) is 26.2 Å². The van der Waals surface area contributed by atoms with E-state index in [0.717, 1.165) is 38.3 Å². The predicted molar refractivity (Wildman–Crippen MR) is 111 cm³/mol. The van der Waals surface area contributed by atoms with Crippen LogP contribution in [0, 0.1) is 0 Å². The molecular weight excluding hydrogens is 348 g/mol. The van der Waals surface area contributed by atoms with E-state index in [1.807, 2.05) is 59.5 Å². The van der Waals surface area contributed by atoms with E-state index in [-0.39, 0.29) is 5.91 Å². The molecule has 0 aliphatic carbocycles. The largest absolute Gasteiger partial charge is 0.465 e. The Hall–Kier alpha value is -3.11. The average molecular weight is 372 g/mol. The summed E-state index contributed by atoms with van der Waals surface area (Å²) in [6.07, 6.45) is 3.47. The molecule has 3 aromatic rings. The lowest BCUT2D eigenvalue weighted by molar-refractivity contribution is -0.126. The molecule has 0 atom stereocenters. The molecule has 0 saturated carbocycles. The second-order valence-electron chi connectivity index (χ2n) is 6.99. The molecule has 1 amide bonds. The van der Waals surface area contributed by atoms with Gasteiger partial charge in [0.1, 0.15) is 5.76 Å². The Bertz CT molecular complexity index is 910. The zero-order valence-electron chi connectivity index (χ0n) is 15.8. The van der Waals surface area contributed by atoms with Crippen LogP contribution in [0.3, 0.4) is 0 Å². The van der Waals surface area contributed by atoms with E-state index in [0.29, 0.717) is 11.3 Å². The van der Waals surface area contributed by atoms with Gasteiger partial charge in [0.2, 0.25) is 0 Å². The molecule has 0 spiro atoms. The molecule has 4 rings (SSSR count). The van der Waals surface area contributed by atoms with Gasteiger partial charge in [-0.05, 0) is 29.3 Å². The predicted octanol–water partition coefficient (Wildman–Crippen LogP) is 4.16. The maximum absolute atomic E-state index is 13.3. The highest BCUT2D eigenvalue weighted by molar-refractivity contribution is 6.24. The summed E-state index contributed by atoms with van der Waals surface area (Å²) in [5, 5.41) is 0. The zero-order chi connectivity index (χ0) is 19.2. The van der Waals surface area contributed by atoms with Gasteiger partial charge in [-0.3, -0.25) is 9.69 Å². The van der Waals surface area contributed by atoms with Crippen molar-refractivity contribution in [3.8, 4) is 0 Å². The molecule has 0 N–H and O–H groups in total. The lowest BCUT2D eigenvalue weighted by Crippen LogP contribution is -2.48. The standard InChI is InChI=1S/C24H24N2O2/c27-24(23(18-22-12-7-17-28-22)21-10-5-2-6-11-21)26-15-13-25(14-16-26)19-20-8-3-1-4-9-20/h1-12,17-18H,13-16,19H2/b23-18+. The van der Waals surface area contributed by atoms with E-state index in [2.05, 4.69) is 29.2 Å². The van der Waals surface area contributed by atoms with Crippen molar-refractivity contribution in [2.45, 2.75) is 6.54 Å². The Balaban J connectivity index is 1.46. The minimum atomic E-state index is 0.0574. The monoisotopic (exact) mass is 372 g/mol. The van der Waals surface area contributed by atoms with Crippen molar-refractivity contribution >= 4 is 17.6 Å². The number of carbonyl (C=O) groups excluding carboxylic acids is 1. The summed E-state index contributed by atoms with van der Waals surface area (Å²) >= 11 is 0. The van der Waals surface area contributed by atoms with Gasteiger partial charge in [0.05, 0.1) is 11.8 Å². The fourth-order valence-electron chi connectivity index (χ4n) is 3.52. The van der Waals surface area contributed by atoms with E-state index >= 15 is 0 Å². The van der Waals surface area contributed by atoms with Crippen LogP contribution >= 0.6 is 0 Å². The number of nitrogens with zero attached hydrogens (tertiary/aromatic N) is 2. The minimum Gasteiger partial charge on any atom is -0.465 e. The van der Waals surface area contributed by atoms with Crippen molar-refractivity contribution < 1.29 is 9.21 Å². The third-order valence-electron chi connectivity index (χ3n) is 5.05. The topological polar surface area (TPSA) is 36.7 Å². The Labute approximate surface area is 165 Å². The molecule has 2 aromatic carbocycles. The Kier molecular flexibility index (Phi) is 5.69. The smallest absolute Gasteiger partial charge is 0.254 e. The number of hydrogen-bond donors (Lipinski definition) is 0. The van der Waals surface area contributed by atoms with Gasteiger partial charge < -0.3 is 9.32 Å². The maximum atomic E-state index is 13.3. The first-order valence-electron chi connectivity index (χ1n) is 9.66. The van der Waals surface area contributed by atoms with Crippen molar-refractivity contribution in [1.82, 2.24) is 9.80 Å². The van der Waals surface area contributed by atoms with E-state index < -0.39 is 0 Å². The van der Waals surface area contributed by atoms with Gasteiger partial charge in [-0.25, -0.2) is 0 Å². The van der Waals surface area contributed by atoms with Gasteiger partial charge in [-0.2, -0.15) is 0 Å². The number of amides is 1. The van der Waals surface area contributed by atoms with E-state index in [9.17, 15) is 4.79 Å².